The normalized spacial score (nSPS) is 9.95. The largest absolute Gasteiger partial charge is 0.493 e. The number of carbonyl (C=O) groups is 1. The Balaban J connectivity index is 2.25. The molecule has 2 aromatic carbocycles. The van der Waals surface area contributed by atoms with Gasteiger partial charge in [-0.1, -0.05) is 18.2 Å². The zero-order valence-electron chi connectivity index (χ0n) is 10.7. The lowest BCUT2D eigenvalue weighted by Crippen LogP contribution is -2.14. The van der Waals surface area contributed by atoms with Crippen molar-refractivity contribution < 1.29 is 9.53 Å². The third-order valence-electron chi connectivity index (χ3n) is 2.58. The van der Waals surface area contributed by atoms with E-state index >= 15 is 0 Å². The van der Waals surface area contributed by atoms with Gasteiger partial charge < -0.3 is 15.8 Å². The first-order chi connectivity index (χ1) is 9.20. The fourth-order valence-electron chi connectivity index (χ4n) is 1.73. The molecule has 0 aliphatic rings. The Hall–Kier alpha value is -2.49. The van der Waals surface area contributed by atoms with Crippen LogP contribution in [0.15, 0.2) is 48.5 Å². The molecule has 4 heteroatoms. The summed E-state index contributed by atoms with van der Waals surface area (Å²) in [5.74, 6) is 0.298. The molecule has 0 aliphatic carbocycles. The molecule has 0 unspecified atom stereocenters. The molecule has 2 rings (SSSR count). The van der Waals surface area contributed by atoms with Crippen LogP contribution >= 0.6 is 0 Å². The Morgan fingerprint density at radius 1 is 1.21 bits per heavy atom. The van der Waals surface area contributed by atoms with E-state index in [0.29, 0.717) is 23.6 Å². The van der Waals surface area contributed by atoms with E-state index in [9.17, 15) is 4.79 Å². The van der Waals surface area contributed by atoms with Crippen LogP contribution in [0.5, 0.6) is 5.75 Å². The second-order valence-corrected chi connectivity index (χ2v) is 4.01. The second-order valence-electron chi connectivity index (χ2n) is 4.01. The maximum Gasteiger partial charge on any atom is 0.259 e. The fraction of sp³-hybridized carbons (Fsp3) is 0.133. The lowest BCUT2D eigenvalue weighted by molar-refractivity contribution is 0.102. The molecule has 0 radical (unpaired) electrons. The molecular weight excluding hydrogens is 240 g/mol. The first-order valence-electron chi connectivity index (χ1n) is 6.09. The molecule has 0 heterocycles. The van der Waals surface area contributed by atoms with Gasteiger partial charge in [-0.2, -0.15) is 0 Å². The van der Waals surface area contributed by atoms with E-state index < -0.39 is 0 Å². The predicted octanol–water partition coefficient (Wildman–Crippen LogP) is 2.92. The first kappa shape index (κ1) is 13.0. The van der Waals surface area contributed by atoms with Crippen LogP contribution in [0.4, 0.5) is 11.4 Å². The average molecular weight is 256 g/mol. The number of ether oxygens (including phenoxy) is 1. The van der Waals surface area contributed by atoms with E-state index in [1.807, 2.05) is 37.3 Å². The smallest absolute Gasteiger partial charge is 0.259 e. The minimum atomic E-state index is -0.234. The van der Waals surface area contributed by atoms with E-state index in [4.69, 9.17) is 10.5 Å². The van der Waals surface area contributed by atoms with Crippen molar-refractivity contribution in [3.05, 3.63) is 54.1 Å². The number of benzene rings is 2. The van der Waals surface area contributed by atoms with Crippen LogP contribution in [-0.4, -0.2) is 12.5 Å². The van der Waals surface area contributed by atoms with Crippen LogP contribution in [0.25, 0.3) is 0 Å². The van der Waals surface area contributed by atoms with Gasteiger partial charge >= 0.3 is 0 Å². The van der Waals surface area contributed by atoms with Crippen LogP contribution in [0.2, 0.25) is 0 Å². The van der Waals surface area contributed by atoms with Crippen molar-refractivity contribution >= 4 is 17.3 Å². The monoisotopic (exact) mass is 256 g/mol. The zero-order valence-corrected chi connectivity index (χ0v) is 10.7. The van der Waals surface area contributed by atoms with Crippen LogP contribution in [0, 0.1) is 0 Å². The van der Waals surface area contributed by atoms with E-state index in [0.717, 1.165) is 5.69 Å². The molecule has 0 fully saturated rings. The Morgan fingerprint density at radius 2 is 1.95 bits per heavy atom. The number of para-hydroxylation sites is 1. The van der Waals surface area contributed by atoms with Gasteiger partial charge in [-0.15, -0.1) is 0 Å². The number of anilines is 2. The lowest BCUT2D eigenvalue weighted by Gasteiger charge is -2.11. The third kappa shape index (κ3) is 3.25. The van der Waals surface area contributed by atoms with Gasteiger partial charge in [-0.3, -0.25) is 4.79 Å². The van der Waals surface area contributed by atoms with Gasteiger partial charge in [0.05, 0.1) is 12.2 Å². The Kier molecular flexibility index (Phi) is 4.03. The van der Waals surface area contributed by atoms with Crippen molar-refractivity contribution in [1.29, 1.82) is 0 Å². The van der Waals surface area contributed by atoms with Gasteiger partial charge in [0, 0.05) is 11.4 Å². The highest BCUT2D eigenvalue weighted by Gasteiger charge is 2.13. The molecule has 2 aromatic rings. The van der Waals surface area contributed by atoms with Crippen molar-refractivity contribution in [3.63, 3.8) is 0 Å². The molecule has 0 atom stereocenters. The minimum Gasteiger partial charge on any atom is -0.493 e. The van der Waals surface area contributed by atoms with Crippen LogP contribution in [0.3, 0.4) is 0 Å². The quantitative estimate of drug-likeness (QED) is 0.827. The number of nitrogen functional groups attached to an aromatic ring is 1. The third-order valence-corrected chi connectivity index (χ3v) is 2.58. The van der Waals surface area contributed by atoms with E-state index in [-0.39, 0.29) is 5.91 Å². The number of nitrogens with one attached hydrogen (secondary N) is 1. The fourth-order valence-corrected chi connectivity index (χ4v) is 1.73. The van der Waals surface area contributed by atoms with Crippen LogP contribution in [0.1, 0.15) is 17.3 Å². The van der Waals surface area contributed by atoms with Gasteiger partial charge in [0.25, 0.3) is 5.91 Å². The molecule has 0 spiro atoms. The van der Waals surface area contributed by atoms with Crippen LogP contribution < -0.4 is 15.8 Å². The molecular formula is C15H16N2O2. The summed E-state index contributed by atoms with van der Waals surface area (Å²) in [6.45, 7) is 2.37. The van der Waals surface area contributed by atoms with E-state index in [1.54, 1.807) is 18.2 Å². The molecule has 0 saturated heterocycles. The van der Waals surface area contributed by atoms with Crippen molar-refractivity contribution in [3.8, 4) is 5.75 Å². The predicted molar refractivity (Wildman–Crippen MR) is 76.4 cm³/mol. The molecule has 0 saturated carbocycles. The maximum absolute atomic E-state index is 12.2. The summed E-state index contributed by atoms with van der Waals surface area (Å²) in [5.41, 5.74) is 7.42. The molecule has 0 bridgehead atoms. The van der Waals surface area contributed by atoms with Gasteiger partial charge in [0.2, 0.25) is 0 Å². The molecule has 0 aliphatic heterocycles. The van der Waals surface area contributed by atoms with Crippen LogP contribution in [-0.2, 0) is 0 Å². The topological polar surface area (TPSA) is 64.3 Å². The summed E-state index contributed by atoms with van der Waals surface area (Å²) in [7, 11) is 0. The summed E-state index contributed by atoms with van der Waals surface area (Å²) in [5, 5.41) is 2.81. The highest BCUT2D eigenvalue weighted by Crippen LogP contribution is 2.22. The standard InChI is InChI=1S/C15H16N2O2/c1-2-19-14-9-8-11(16)10-13(14)15(18)17-12-6-4-3-5-7-12/h3-10H,2,16H2,1H3,(H,17,18). The van der Waals surface area contributed by atoms with Crippen molar-refractivity contribution in [1.82, 2.24) is 0 Å². The average Bonchev–Trinajstić information content (AvgIpc) is 2.42. The maximum atomic E-state index is 12.2. The van der Waals surface area contributed by atoms with Gasteiger partial charge in [-0.05, 0) is 37.3 Å². The van der Waals surface area contributed by atoms with Crippen molar-refractivity contribution in [2.45, 2.75) is 6.92 Å². The molecule has 1 amide bonds. The highest BCUT2D eigenvalue weighted by atomic mass is 16.5. The highest BCUT2D eigenvalue weighted by molar-refractivity contribution is 6.06. The van der Waals surface area contributed by atoms with Gasteiger partial charge in [0.15, 0.2) is 0 Å². The summed E-state index contributed by atoms with van der Waals surface area (Å²) >= 11 is 0. The SMILES string of the molecule is CCOc1ccc(N)cc1C(=O)Nc1ccccc1. The van der Waals surface area contributed by atoms with Gasteiger partial charge in [0.1, 0.15) is 5.75 Å². The summed E-state index contributed by atoms with van der Waals surface area (Å²) in [6, 6.07) is 14.3. The second kappa shape index (κ2) is 5.91. The van der Waals surface area contributed by atoms with Crippen molar-refractivity contribution in [2.24, 2.45) is 0 Å². The first-order valence-corrected chi connectivity index (χ1v) is 6.09. The van der Waals surface area contributed by atoms with Crippen molar-refractivity contribution in [2.75, 3.05) is 17.7 Å². The Bertz CT molecular complexity index is 568. The summed E-state index contributed by atoms with van der Waals surface area (Å²) < 4.78 is 5.43. The zero-order chi connectivity index (χ0) is 13.7. The number of amides is 1. The minimum absolute atomic E-state index is 0.234. The summed E-state index contributed by atoms with van der Waals surface area (Å²) in [4.78, 5) is 12.2. The number of carbonyl (C=O) groups excluding carboxylic acids is 1. The van der Waals surface area contributed by atoms with Gasteiger partial charge in [-0.25, -0.2) is 0 Å². The molecule has 3 N–H and O–H groups in total. The molecule has 4 nitrogen and oxygen atoms in total. The lowest BCUT2D eigenvalue weighted by atomic mass is 10.1. The number of rotatable bonds is 4. The number of hydrogen-bond donors (Lipinski definition) is 2. The number of nitrogens with two attached hydrogens (primary N) is 1. The molecule has 98 valence electrons. The summed E-state index contributed by atoms with van der Waals surface area (Å²) in [6.07, 6.45) is 0. The molecule has 19 heavy (non-hydrogen) atoms. The Labute approximate surface area is 112 Å². The van der Waals surface area contributed by atoms with E-state index in [1.165, 1.54) is 0 Å². The van der Waals surface area contributed by atoms with E-state index in [2.05, 4.69) is 5.32 Å². The number of hydrogen-bond acceptors (Lipinski definition) is 3. The Morgan fingerprint density at radius 3 is 2.63 bits per heavy atom. The molecule has 0 aromatic heterocycles.